The number of hydrogen-bond acceptors (Lipinski definition) is 6. The number of anilines is 1. The van der Waals surface area contributed by atoms with Crippen molar-refractivity contribution < 1.29 is 22.7 Å². The molecule has 0 unspecified atom stereocenters. The fourth-order valence-corrected chi connectivity index (χ4v) is 4.92. The first-order valence-electron chi connectivity index (χ1n) is 9.43. The number of carbonyl (C=O) groups excluding carboxylic acids is 1. The summed E-state index contributed by atoms with van der Waals surface area (Å²) < 4.78 is 42.5. The van der Waals surface area contributed by atoms with Crippen LogP contribution in [0.1, 0.15) is 5.69 Å². The fraction of sp³-hybridized carbons (Fsp3) is 0.190. The molecule has 32 heavy (non-hydrogen) atoms. The van der Waals surface area contributed by atoms with Crippen molar-refractivity contribution in [1.29, 1.82) is 0 Å². The van der Waals surface area contributed by atoms with E-state index in [-0.39, 0.29) is 17.2 Å². The van der Waals surface area contributed by atoms with Gasteiger partial charge in [0.15, 0.2) is 5.16 Å². The third-order valence-corrected chi connectivity index (χ3v) is 6.43. The van der Waals surface area contributed by atoms with Crippen LogP contribution in [0.2, 0.25) is 0 Å². The van der Waals surface area contributed by atoms with Crippen molar-refractivity contribution >= 4 is 35.1 Å². The number of nitrogens with zero attached hydrogens (tertiary/aromatic N) is 2. The molecule has 0 fully saturated rings. The van der Waals surface area contributed by atoms with Crippen LogP contribution in [-0.2, 0) is 11.2 Å². The number of ether oxygens (including phenoxy) is 1. The standard InChI is InChI=1S/C21H16F3N3O3S2/c22-21(23,24)30-15-8-6-14(7-9-15)27-19(29)18-16(10-11-31-18)26-20(27)32-12-17(28)25-13-4-2-1-3-5-13/h1-9H,10-12H2,(H,25,28). The van der Waals surface area contributed by atoms with E-state index >= 15 is 0 Å². The number of aryl methyl sites for hydroxylation is 1. The summed E-state index contributed by atoms with van der Waals surface area (Å²) in [7, 11) is 0. The lowest BCUT2D eigenvalue weighted by Gasteiger charge is -2.15. The summed E-state index contributed by atoms with van der Waals surface area (Å²) in [6.07, 6.45) is -4.17. The van der Waals surface area contributed by atoms with Gasteiger partial charge in [0.1, 0.15) is 5.75 Å². The first-order chi connectivity index (χ1) is 15.3. The SMILES string of the molecule is O=C(CSc1nc2c(c(=O)n1-c1ccc(OC(F)(F)F)cc1)SCC2)Nc1ccccc1. The Balaban J connectivity index is 1.60. The molecule has 6 nitrogen and oxygen atoms in total. The maximum atomic E-state index is 13.1. The summed E-state index contributed by atoms with van der Waals surface area (Å²) in [6, 6.07) is 13.9. The van der Waals surface area contributed by atoms with Crippen LogP contribution < -0.4 is 15.6 Å². The Morgan fingerprint density at radius 1 is 1.16 bits per heavy atom. The number of thioether (sulfide) groups is 2. The van der Waals surface area contributed by atoms with Crippen molar-refractivity contribution in [3.05, 3.63) is 70.6 Å². The van der Waals surface area contributed by atoms with Gasteiger partial charge in [-0.05, 0) is 36.4 Å². The Labute approximate surface area is 189 Å². The van der Waals surface area contributed by atoms with Gasteiger partial charge in [0, 0.05) is 17.9 Å². The molecule has 166 valence electrons. The zero-order chi connectivity index (χ0) is 22.7. The van der Waals surface area contributed by atoms with Gasteiger partial charge in [0.2, 0.25) is 5.91 Å². The normalized spacial score (nSPS) is 13.0. The van der Waals surface area contributed by atoms with Crippen LogP contribution in [0.25, 0.3) is 5.69 Å². The maximum absolute atomic E-state index is 13.1. The molecule has 4 rings (SSSR count). The molecule has 1 aliphatic heterocycles. The quantitative estimate of drug-likeness (QED) is 0.414. The molecule has 2 aromatic carbocycles. The fourth-order valence-electron chi connectivity index (χ4n) is 3.06. The van der Waals surface area contributed by atoms with Crippen LogP contribution in [0.5, 0.6) is 5.75 Å². The van der Waals surface area contributed by atoms with Gasteiger partial charge in [0.05, 0.1) is 22.0 Å². The van der Waals surface area contributed by atoms with Crippen molar-refractivity contribution in [2.75, 3.05) is 16.8 Å². The van der Waals surface area contributed by atoms with E-state index in [2.05, 4.69) is 15.0 Å². The van der Waals surface area contributed by atoms with Gasteiger partial charge in [-0.3, -0.25) is 14.2 Å². The lowest BCUT2D eigenvalue weighted by molar-refractivity contribution is -0.274. The van der Waals surface area contributed by atoms with Crippen LogP contribution in [0.15, 0.2) is 69.4 Å². The van der Waals surface area contributed by atoms with Crippen LogP contribution in [0, 0.1) is 0 Å². The van der Waals surface area contributed by atoms with Gasteiger partial charge in [0.25, 0.3) is 5.56 Å². The molecule has 0 atom stereocenters. The highest BCUT2D eigenvalue weighted by molar-refractivity contribution is 8.00. The van der Waals surface area contributed by atoms with Crippen LogP contribution >= 0.6 is 23.5 Å². The van der Waals surface area contributed by atoms with Crippen molar-refractivity contribution in [3.63, 3.8) is 0 Å². The lowest BCUT2D eigenvalue weighted by Crippen LogP contribution is -2.24. The monoisotopic (exact) mass is 479 g/mol. The molecule has 2 heterocycles. The number of carbonyl (C=O) groups is 1. The van der Waals surface area contributed by atoms with Crippen LogP contribution in [-0.4, -0.2) is 33.3 Å². The Bertz CT molecular complexity index is 1180. The van der Waals surface area contributed by atoms with E-state index in [1.54, 1.807) is 24.3 Å². The Morgan fingerprint density at radius 2 is 1.88 bits per heavy atom. The Hall–Kier alpha value is -2.92. The zero-order valence-corrected chi connectivity index (χ0v) is 18.0. The summed E-state index contributed by atoms with van der Waals surface area (Å²) in [6.45, 7) is 0. The molecule has 0 radical (unpaired) electrons. The third-order valence-electron chi connectivity index (χ3n) is 4.38. The molecule has 1 aromatic heterocycles. The number of hydrogen-bond donors (Lipinski definition) is 1. The number of nitrogens with one attached hydrogen (secondary N) is 1. The highest BCUT2D eigenvalue weighted by Crippen LogP contribution is 2.31. The Morgan fingerprint density at radius 3 is 2.56 bits per heavy atom. The molecule has 3 aromatic rings. The van der Waals surface area contributed by atoms with E-state index in [0.717, 1.165) is 29.6 Å². The first kappa shape index (κ1) is 22.3. The minimum Gasteiger partial charge on any atom is -0.406 e. The topological polar surface area (TPSA) is 73.2 Å². The molecule has 0 spiro atoms. The second kappa shape index (κ2) is 9.29. The van der Waals surface area contributed by atoms with Gasteiger partial charge in [-0.15, -0.1) is 24.9 Å². The summed E-state index contributed by atoms with van der Waals surface area (Å²) in [5.41, 5.74) is 1.33. The molecule has 1 amide bonds. The molecule has 11 heteroatoms. The van der Waals surface area contributed by atoms with Gasteiger partial charge in [-0.25, -0.2) is 4.98 Å². The molecule has 0 aliphatic carbocycles. The predicted molar refractivity (Wildman–Crippen MR) is 117 cm³/mol. The molecule has 0 bridgehead atoms. The number of halogens is 3. The second-order valence-electron chi connectivity index (χ2n) is 6.65. The van der Waals surface area contributed by atoms with E-state index in [1.165, 1.54) is 28.5 Å². The summed E-state index contributed by atoms with van der Waals surface area (Å²) in [5, 5.41) is 3.06. The molecular weight excluding hydrogens is 463 g/mol. The van der Waals surface area contributed by atoms with E-state index in [1.807, 2.05) is 6.07 Å². The van der Waals surface area contributed by atoms with E-state index in [4.69, 9.17) is 0 Å². The number of fused-ring (bicyclic) bond motifs is 1. The van der Waals surface area contributed by atoms with E-state index in [0.29, 0.717) is 33.5 Å². The number of rotatable bonds is 6. The molecule has 0 saturated carbocycles. The second-order valence-corrected chi connectivity index (χ2v) is 8.70. The number of benzene rings is 2. The van der Waals surface area contributed by atoms with Crippen LogP contribution in [0.3, 0.4) is 0 Å². The summed E-state index contributed by atoms with van der Waals surface area (Å²) in [4.78, 5) is 30.5. The third kappa shape index (κ3) is 5.28. The van der Waals surface area contributed by atoms with Crippen molar-refractivity contribution in [1.82, 2.24) is 9.55 Å². The molecular formula is C21H16F3N3O3S2. The van der Waals surface area contributed by atoms with E-state index in [9.17, 15) is 22.8 Å². The average Bonchev–Trinajstić information content (AvgIpc) is 3.22. The minimum absolute atomic E-state index is 0.00251. The largest absolute Gasteiger partial charge is 0.573 e. The smallest absolute Gasteiger partial charge is 0.406 e. The van der Waals surface area contributed by atoms with Crippen molar-refractivity contribution in [2.45, 2.75) is 22.8 Å². The summed E-state index contributed by atoms with van der Waals surface area (Å²) in [5.74, 6) is 0.0567. The van der Waals surface area contributed by atoms with Gasteiger partial charge < -0.3 is 10.1 Å². The van der Waals surface area contributed by atoms with E-state index < -0.39 is 12.1 Å². The summed E-state index contributed by atoms with van der Waals surface area (Å²) >= 11 is 2.47. The van der Waals surface area contributed by atoms with Gasteiger partial charge in [-0.1, -0.05) is 30.0 Å². The molecule has 0 saturated heterocycles. The zero-order valence-electron chi connectivity index (χ0n) is 16.4. The molecule has 1 aliphatic rings. The van der Waals surface area contributed by atoms with Crippen molar-refractivity contribution in [3.8, 4) is 11.4 Å². The average molecular weight is 480 g/mol. The lowest BCUT2D eigenvalue weighted by atomic mass is 10.3. The number of para-hydroxylation sites is 1. The van der Waals surface area contributed by atoms with Gasteiger partial charge >= 0.3 is 6.36 Å². The molecule has 1 N–H and O–H groups in total. The maximum Gasteiger partial charge on any atom is 0.573 e. The number of amides is 1. The van der Waals surface area contributed by atoms with Crippen molar-refractivity contribution in [2.24, 2.45) is 0 Å². The first-order valence-corrected chi connectivity index (χ1v) is 11.4. The Kier molecular flexibility index (Phi) is 6.47. The number of aromatic nitrogens is 2. The van der Waals surface area contributed by atoms with Crippen LogP contribution in [0.4, 0.5) is 18.9 Å². The number of alkyl halides is 3. The highest BCUT2D eigenvalue weighted by Gasteiger charge is 2.31. The minimum atomic E-state index is -4.81. The van der Waals surface area contributed by atoms with Gasteiger partial charge in [-0.2, -0.15) is 0 Å². The predicted octanol–water partition coefficient (Wildman–Crippen LogP) is 4.51. The highest BCUT2D eigenvalue weighted by atomic mass is 32.2.